The van der Waals surface area contributed by atoms with Gasteiger partial charge in [0.25, 0.3) is 5.56 Å². The van der Waals surface area contributed by atoms with Crippen LogP contribution < -0.4 is 5.56 Å². The first-order valence-electron chi connectivity index (χ1n) is 4.95. The van der Waals surface area contributed by atoms with Crippen molar-refractivity contribution >= 4 is 0 Å². The summed E-state index contributed by atoms with van der Waals surface area (Å²) in [6, 6.07) is 6.64. The first kappa shape index (κ1) is 9.23. The topological polar surface area (TPSA) is 67.2 Å². The number of phenolic OH excluding ortho intramolecular Hbond substituents is 1. The molecule has 2 aromatic rings. The fourth-order valence-electron chi connectivity index (χ4n) is 1.87. The van der Waals surface area contributed by atoms with Gasteiger partial charge in [0.05, 0.1) is 30.2 Å². The number of rotatable bonds is 1. The Hall–Kier alpha value is -2.01. The number of aromatic hydroxyl groups is 1. The Morgan fingerprint density at radius 1 is 1.25 bits per heavy atom. The summed E-state index contributed by atoms with van der Waals surface area (Å²) in [5.41, 5.74) is 2.24. The van der Waals surface area contributed by atoms with Crippen LogP contribution in [0.15, 0.2) is 29.1 Å². The molecule has 5 nitrogen and oxygen atoms in total. The van der Waals surface area contributed by atoms with Gasteiger partial charge in [0.2, 0.25) is 0 Å². The van der Waals surface area contributed by atoms with Crippen LogP contribution in [0, 0.1) is 0 Å². The molecule has 0 unspecified atom stereocenters. The van der Waals surface area contributed by atoms with Crippen LogP contribution in [0.2, 0.25) is 0 Å². The number of phenols is 1. The van der Waals surface area contributed by atoms with Gasteiger partial charge >= 0.3 is 0 Å². The van der Waals surface area contributed by atoms with Gasteiger partial charge < -0.3 is 9.84 Å². The number of aromatic amines is 1. The molecule has 0 bridgehead atoms. The van der Waals surface area contributed by atoms with Crippen molar-refractivity contribution in [3.8, 4) is 11.4 Å². The lowest BCUT2D eigenvalue weighted by molar-refractivity contribution is 0.130. The summed E-state index contributed by atoms with van der Waals surface area (Å²) >= 11 is 0. The predicted octanol–water partition coefficient (Wildman–Crippen LogP) is 0.901. The van der Waals surface area contributed by atoms with E-state index in [4.69, 9.17) is 4.74 Å². The van der Waals surface area contributed by atoms with Crippen molar-refractivity contribution in [1.82, 2.24) is 9.78 Å². The van der Waals surface area contributed by atoms with Crippen LogP contribution in [0.5, 0.6) is 5.75 Å². The molecule has 0 spiro atoms. The van der Waals surface area contributed by atoms with Crippen molar-refractivity contribution in [2.45, 2.75) is 13.2 Å². The monoisotopic (exact) mass is 218 g/mol. The minimum atomic E-state index is -0.111. The zero-order valence-corrected chi connectivity index (χ0v) is 8.43. The number of nitrogens with zero attached hydrogens (tertiary/aromatic N) is 1. The van der Waals surface area contributed by atoms with E-state index >= 15 is 0 Å². The largest absolute Gasteiger partial charge is 0.508 e. The molecule has 3 rings (SSSR count). The summed E-state index contributed by atoms with van der Waals surface area (Å²) in [5, 5.41) is 11.9. The van der Waals surface area contributed by atoms with Crippen LogP contribution in [0.25, 0.3) is 5.69 Å². The van der Waals surface area contributed by atoms with E-state index in [1.54, 1.807) is 28.9 Å². The molecule has 2 heterocycles. The summed E-state index contributed by atoms with van der Waals surface area (Å²) in [6.07, 6.45) is 0. The molecule has 0 atom stereocenters. The minimum Gasteiger partial charge on any atom is -0.508 e. The van der Waals surface area contributed by atoms with Crippen LogP contribution in [-0.2, 0) is 18.0 Å². The molecule has 0 fully saturated rings. The maximum Gasteiger partial charge on any atom is 0.270 e. The zero-order chi connectivity index (χ0) is 11.1. The highest BCUT2D eigenvalue weighted by Crippen LogP contribution is 2.20. The fourth-order valence-corrected chi connectivity index (χ4v) is 1.87. The molecular weight excluding hydrogens is 208 g/mol. The third kappa shape index (κ3) is 1.25. The lowest BCUT2D eigenvalue weighted by Crippen LogP contribution is -2.08. The van der Waals surface area contributed by atoms with Crippen molar-refractivity contribution in [3.63, 3.8) is 0 Å². The van der Waals surface area contributed by atoms with Gasteiger partial charge in [0, 0.05) is 0 Å². The number of hydrogen-bond acceptors (Lipinski definition) is 3. The molecule has 5 heteroatoms. The third-order valence-electron chi connectivity index (χ3n) is 2.70. The maximum atomic E-state index is 11.6. The van der Waals surface area contributed by atoms with Gasteiger partial charge in [0.15, 0.2) is 0 Å². The van der Waals surface area contributed by atoms with E-state index in [1.165, 1.54) is 0 Å². The molecule has 0 radical (unpaired) electrons. The van der Waals surface area contributed by atoms with Crippen LogP contribution >= 0.6 is 0 Å². The van der Waals surface area contributed by atoms with Gasteiger partial charge in [-0.05, 0) is 24.3 Å². The molecule has 1 aromatic heterocycles. The number of hydrogen-bond donors (Lipinski definition) is 2. The number of H-pyrrole nitrogens is 1. The van der Waals surface area contributed by atoms with Crippen LogP contribution in [-0.4, -0.2) is 14.9 Å². The highest BCUT2D eigenvalue weighted by molar-refractivity contribution is 5.39. The smallest absolute Gasteiger partial charge is 0.270 e. The number of fused-ring (bicyclic) bond motifs is 1. The summed E-state index contributed by atoms with van der Waals surface area (Å²) in [4.78, 5) is 11.6. The van der Waals surface area contributed by atoms with Gasteiger partial charge in [-0.1, -0.05) is 0 Å². The summed E-state index contributed by atoms with van der Waals surface area (Å²) < 4.78 is 6.93. The number of aromatic nitrogens is 2. The molecule has 0 amide bonds. The second kappa shape index (κ2) is 3.24. The molecule has 0 saturated heterocycles. The van der Waals surface area contributed by atoms with E-state index in [-0.39, 0.29) is 11.3 Å². The van der Waals surface area contributed by atoms with Gasteiger partial charge in [-0.25, -0.2) is 0 Å². The summed E-state index contributed by atoms with van der Waals surface area (Å²) in [7, 11) is 0. The Bertz CT molecular complexity index is 580. The average molecular weight is 218 g/mol. The Kier molecular flexibility index (Phi) is 1.87. The van der Waals surface area contributed by atoms with E-state index < -0.39 is 0 Å². The Morgan fingerprint density at radius 3 is 2.75 bits per heavy atom. The van der Waals surface area contributed by atoms with Crippen LogP contribution in [0.4, 0.5) is 0 Å². The highest BCUT2D eigenvalue weighted by Gasteiger charge is 2.21. The number of ether oxygens (including phenoxy) is 1. The molecule has 2 N–H and O–H groups in total. The van der Waals surface area contributed by atoms with Gasteiger partial charge in [-0.15, -0.1) is 0 Å². The Labute approximate surface area is 90.9 Å². The number of benzene rings is 1. The van der Waals surface area contributed by atoms with Crippen LogP contribution in [0.3, 0.4) is 0 Å². The van der Waals surface area contributed by atoms with E-state index in [1.807, 2.05) is 0 Å². The van der Waals surface area contributed by atoms with Gasteiger partial charge in [-0.3, -0.25) is 14.6 Å². The summed E-state index contributed by atoms with van der Waals surface area (Å²) in [5.74, 6) is 0.200. The van der Waals surface area contributed by atoms with E-state index in [2.05, 4.69) is 5.10 Å². The van der Waals surface area contributed by atoms with Crippen LogP contribution in [0.1, 0.15) is 11.3 Å². The molecule has 1 aliphatic rings. The first-order chi connectivity index (χ1) is 7.75. The average Bonchev–Trinajstić information content (AvgIpc) is 2.84. The molecule has 1 aromatic carbocycles. The standard InChI is InChI=1S/C11H10N2O3/c14-8-3-1-7(2-4-8)13-10-6-16-5-9(10)11(15)12-13/h1-4,14H,5-6H2,(H,12,15). The van der Waals surface area contributed by atoms with Gasteiger partial charge in [-0.2, -0.15) is 0 Å². The normalized spacial score (nSPS) is 14.0. The Balaban J connectivity index is 2.17. The van der Waals surface area contributed by atoms with Crippen molar-refractivity contribution in [2.75, 3.05) is 0 Å². The maximum absolute atomic E-state index is 11.6. The molecule has 0 aliphatic carbocycles. The lowest BCUT2D eigenvalue weighted by atomic mass is 10.2. The minimum absolute atomic E-state index is 0.111. The molecule has 1 aliphatic heterocycles. The SMILES string of the molecule is O=c1[nH]n(-c2ccc(O)cc2)c2c1COC2. The lowest BCUT2D eigenvalue weighted by Gasteiger charge is -2.05. The Morgan fingerprint density at radius 2 is 2.00 bits per heavy atom. The molecule has 16 heavy (non-hydrogen) atoms. The number of nitrogens with one attached hydrogen (secondary N) is 1. The second-order valence-electron chi connectivity index (χ2n) is 3.71. The molecule has 82 valence electrons. The zero-order valence-electron chi connectivity index (χ0n) is 8.43. The van der Waals surface area contributed by atoms with Gasteiger partial charge in [0.1, 0.15) is 5.75 Å². The molecular formula is C11H10N2O3. The highest BCUT2D eigenvalue weighted by atomic mass is 16.5. The molecule has 0 saturated carbocycles. The second-order valence-corrected chi connectivity index (χ2v) is 3.71. The first-order valence-corrected chi connectivity index (χ1v) is 4.95. The van der Waals surface area contributed by atoms with Crippen molar-refractivity contribution in [2.24, 2.45) is 0 Å². The van der Waals surface area contributed by atoms with Crippen molar-refractivity contribution in [1.29, 1.82) is 0 Å². The third-order valence-corrected chi connectivity index (χ3v) is 2.70. The quantitative estimate of drug-likeness (QED) is 0.747. The fraction of sp³-hybridized carbons (Fsp3) is 0.182. The van der Waals surface area contributed by atoms with Crippen molar-refractivity contribution < 1.29 is 9.84 Å². The van der Waals surface area contributed by atoms with E-state index in [0.717, 1.165) is 11.4 Å². The van der Waals surface area contributed by atoms with E-state index in [0.29, 0.717) is 18.8 Å². The predicted molar refractivity (Wildman–Crippen MR) is 56.5 cm³/mol. The van der Waals surface area contributed by atoms with E-state index in [9.17, 15) is 9.90 Å². The van der Waals surface area contributed by atoms with Crippen molar-refractivity contribution in [3.05, 3.63) is 45.9 Å². The summed E-state index contributed by atoms with van der Waals surface area (Å²) in [6.45, 7) is 0.810.